The first-order chi connectivity index (χ1) is 15.3. The van der Waals surface area contributed by atoms with E-state index in [0.29, 0.717) is 46.3 Å². The lowest BCUT2D eigenvalue weighted by atomic mass is 10.0. The van der Waals surface area contributed by atoms with Crippen LogP contribution in [0, 0.1) is 6.92 Å². The molecular weight excluding hydrogens is 428 g/mol. The highest BCUT2D eigenvalue weighted by atomic mass is 35.5. The summed E-state index contributed by atoms with van der Waals surface area (Å²) in [4.78, 5) is 43.9. The van der Waals surface area contributed by atoms with E-state index in [9.17, 15) is 14.4 Å². The fourth-order valence-corrected chi connectivity index (χ4v) is 4.16. The third kappa shape index (κ3) is 4.13. The van der Waals surface area contributed by atoms with E-state index in [2.05, 4.69) is 10.2 Å². The molecule has 4 rings (SSSR count). The van der Waals surface area contributed by atoms with Crippen molar-refractivity contribution in [1.29, 1.82) is 0 Å². The van der Waals surface area contributed by atoms with Crippen LogP contribution < -0.4 is 10.2 Å². The Labute approximate surface area is 192 Å². The minimum Gasteiger partial charge on any atom is -0.364 e. The van der Waals surface area contributed by atoms with Crippen LogP contribution in [0.25, 0.3) is 5.57 Å². The molecule has 32 heavy (non-hydrogen) atoms. The summed E-state index contributed by atoms with van der Waals surface area (Å²) in [5.74, 6) is -0.902. The fourth-order valence-electron chi connectivity index (χ4n) is 3.98. The molecule has 166 valence electrons. The molecule has 2 aliphatic rings. The summed E-state index contributed by atoms with van der Waals surface area (Å²) in [6, 6.07) is 12.2. The molecule has 0 unspecified atom stereocenters. The number of imide groups is 1. The number of likely N-dealkylation sites (N-methyl/N-ethyl adjacent to an activating group) is 1. The van der Waals surface area contributed by atoms with Gasteiger partial charge in [-0.2, -0.15) is 0 Å². The normalized spacial score (nSPS) is 17.4. The second kappa shape index (κ2) is 8.76. The number of anilines is 2. The van der Waals surface area contributed by atoms with E-state index in [1.165, 1.54) is 11.8 Å². The molecule has 7 nitrogen and oxygen atoms in total. The Kier molecular flexibility index (Phi) is 6.04. The zero-order chi connectivity index (χ0) is 23.0. The highest BCUT2D eigenvalue weighted by Gasteiger charge is 2.43. The number of nitrogens with zero attached hydrogens (tertiary/aromatic N) is 3. The molecule has 0 radical (unpaired) electrons. The van der Waals surface area contributed by atoms with Gasteiger partial charge in [-0.25, -0.2) is 4.90 Å². The minimum atomic E-state index is -0.379. The lowest BCUT2D eigenvalue weighted by Gasteiger charge is -2.34. The third-order valence-electron chi connectivity index (χ3n) is 5.79. The minimum absolute atomic E-state index is 0.176. The van der Waals surface area contributed by atoms with Crippen molar-refractivity contribution in [2.24, 2.45) is 0 Å². The second-order valence-corrected chi connectivity index (χ2v) is 8.56. The van der Waals surface area contributed by atoms with Gasteiger partial charge in [0.05, 0.1) is 11.3 Å². The fraction of sp³-hybridized carbons (Fsp3) is 0.292. The molecule has 3 amide bonds. The summed E-state index contributed by atoms with van der Waals surface area (Å²) >= 11 is 6.29. The van der Waals surface area contributed by atoms with Crippen molar-refractivity contribution < 1.29 is 14.4 Å². The summed E-state index contributed by atoms with van der Waals surface area (Å²) in [5, 5.41) is 3.22. The predicted octanol–water partition coefficient (Wildman–Crippen LogP) is 3.14. The lowest BCUT2D eigenvalue weighted by Crippen LogP contribution is -2.46. The summed E-state index contributed by atoms with van der Waals surface area (Å²) < 4.78 is 0. The number of benzene rings is 2. The van der Waals surface area contributed by atoms with Crippen molar-refractivity contribution in [3.05, 3.63) is 64.3 Å². The molecule has 1 fully saturated rings. The molecule has 0 bridgehead atoms. The van der Waals surface area contributed by atoms with Crippen LogP contribution in [0.5, 0.6) is 0 Å². The molecule has 0 aromatic heterocycles. The topological polar surface area (TPSA) is 73.0 Å². The van der Waals surface area contributed by atoms with Gasteiger partial charge in [-0.1, -0.05) is 29.8 Å². The average Bonchev–Trinajstić information content (AvgIpc) is 3.01. The number of carbonyl (C=O) groups excluding carboxylic acids is 3. The largest absolute Gasteiger partial charge is 0.364 e. The Hall–Kier alpha value is -3.16. The van der Waals surface area contributed by atoms with Crippen molar-refractivity contribution in [3.63, 3.8) is 0 Å². The number of amides is 3. The molecule has 8 heteroatoms. The average molecular weight is 453 g/mol. The van der Waals surface area contributed by atoms with Crippen molar-refractivity contribution in [1.82, 2.24) is 9.80 Å². The van der Waals surface area contributed by atoms with Crippen LogP contribution in [0.3, 0.4) is 0 Å². The quantitative estimate of drug-likeness (QED) is 0.721. The summed E-state index contributed by atoms with van der Waals surface area (Å²) in [6.07, 6.45) is 0. The van der Waals surface area contributed by atoms with Gasteiger partial charge in [0.25, 0.3) is 11.8 Å². The van der Waals surface area contributed by atoms with Gasteiger partial charge in [0.1, 0.15) is 5.70 Å². The van der Waals surface area contributed by atoms with Crippen LogP contribution in [0.15, 0.2) is 48.2 Å². The number of aryl methyl sites for hydroxylation is 1. The van der Waals surface area contributed by atoms with Gasteiger partial charge < -0.3 is 15.1 Å². The van der Waals surface area contributed by atoms with Crippen molar-refractivity contribution in [2.45, 2.75) is 13.8 Å². The molecule has 0 aliphatic carbocycles. The van der Waals surface area contributed by atoms with Crippen LogP contribution in [0.4, 0.5) is 11.4 Å². The van der Waals surface area contributed by atoms with E-state index in [0.717, 1.165) is 18.7 Å². The zero-order valence-electron chi connectivity index (χ0n) is 18.3. The second-order valence-electron chi connectivity index (χ2n) is 8.15. The molecule has 0 atom stereocenters. The van der Waals surface area contributed by atoms with Gasteiger partial charge in [-0.05, 0) is 49.4 Å². The Morgan fingerprint density at radius 2 is 1.62 bits per heavy atom. The zero-order valence-corrected chi connectivity index (χ0v) is 19.1. The maximum absolute atomic E-state index is 13.6. The number of hydrogen-bond donors (Lipinski definition) is 1. The number of nitrogens with one attached hydrogen (secondary N) is 1. The predicted molar refractivity (Wildman–Crippen MR) is 125 cm³/mol. The molecule has 1 N–H and O–H groups in total. The Bertz CT molecular complexity index is 1120. The van der Waals surface area contributed by atoms with Crippen LogP contribution in [0.2, 0.25) is 5.02 Å². The molecule has 2 aliphatic heterocycles. The van der Waals surface area contributed by atoms with Crippen LogP contribution in [-0.2, 0) is 14.4 Å². The van der Waals surface area contributed by atoms with E-state index in [1.807, 2.05) is 18.9 Å². The molecule has 2 aromatic carbocycles. The highest BCUT2D eigenvalue weighted by molar-refractivity contribution is 6.45. The monoisotopic (exact) mass is 452 g/mol. The molecule has 1 saturated heterocycles. The summed E-state index contributed by atoms with van der Waals surface area (Å²) in [6.45, 7) is 6.22. The van der Waals surface area contributed by atoms with E-state index in [4.69, 9.17) is 11.6 Å². The van der Waals surface area contributed by atoms with E-state index in [1.54, 1.807) is 42.5 Å². The van der Waals surface area contributed by atoms with Gasteiger partial charge in [-0.3, -0.25) is 14.4 Å². The molecule has 2 aromatic rings. The number of piperazine rings is 1. The highest BCUT2D eigenvalue weighted by Crippen LogP contribution is 2.36. The SMILES string of the molecule is CC(=O)Nc1ccc(C2=C(N3CCN(C)CC3)C(=O)N(c3ccc(C)c(Cl)c3)C2=O)cc1. The molecule has 0 saturated carbocycles. The Balaban J connectivity index is 1.77. The standard InChI is InChI=1S/C24H25ClN4O3/c1-15-4-9-19(14-20(15)25)29-23(31)21(17-5-7-18(8-6-17)26-16(2)30)22(24(29)32)28-12-10-27(3)11-13-28/h4-9,14H,10-13H2,1-3H3,(H,26,30). The molecule has 0 spiro atoms. The van der Waals surface area contributed by atoms with E-state index in [-0.39, 0.29) is 17.7 Å². The van der Waals surface area contributed by atoms with Gasteiger partial charge in [0.2, 0.25) is 5.91 Å². The van der Waals surface area contributed by atoms with Crippen molar-refractivity contribution in [3.8, 4) is 0 Å². The van der Waals surface area contributed by atoms with E-state index < -0.39 is 0 Å². The number of halogens is 1. The smallest absolute Gasteiger partial charge is 0.282 e. The van der Waals surface area contributed by atoms with E-state index >= 15 is 0 Å². The van der Waals surface area contributed by atoms with Gasteiger partial charge in [-0.15, -0.1) is 0 Å². The molecular formula is C24H25ClN4O3. The lowest BCUT2D eigenvalue weighted by molar-refractivity contribution is -0.121. The maximum atomic E-state index is 13.6. The Morgan fingerprint density at radius 1 is 0.969 bits per heavy atom. The van der Waals surface area contributed by atoms with Crippen LogP contribution in [-0.4, -0.2) is 60.7 Å². The van der Waals surface area contributed by atoms with Gasteiger partial charge in [0.15, 0.2) is 0 Å². The first-order valence-corrected chi connectivity index (χ1v) is 10.8. The third-order valence-corrected chi connectivity index (χ3v) is 6.19. The first kappa shape index (κ1) is 22.0. The van der Waals surface area contributed by atoms with Gasteiger partial charge >= 0.3 is 0 Å². The first-order valence-electron chi connectivity index (χ1n) is 10.5. The molecule has 2 heterocycles. The van der Waals surface area contributed by atoms with Gasteiger partial charge in [0, 0.05) is 43.8 Å². The summed E-state index contributed by atoms with van der Waals surface area (Å²) in [5.41, 5.74) is 3.36. The Morgan fingerprint density at radius 3 is 2.22 bits per heavy atom. The van der Waals surface area contributed by atoms with Crippen molar-refractivity contribution in [2.75, 3.05) is 43.4 Å². The number of hydrogen-bond acceptors (Lipinski definition) is 5. The maximum Gasteiger partial charge on any atom is 0.282 e. The number of rotatable bonds is 4. The van der Waals surface area contributed by atoms with Crippen LogP contribution >= 0.6 is 11.6 Å². The number of carbonyl (C=O) groups is 3. The summed E-state index contributed by atoms with van der Waals surface area (Å²) in [7, 11) is 2.04. The van der Waals surface area contributed by atoms with Crippen LogP contribution in [0.1, 0.15) is 18.1 Å². The van der Waals surface area contributed by atoms with Crippen molar-refractivity contribution >= 4 is 46.3 Å².